The number of aryl methyl sites for hydroxylation is 1. The fourth-order valence-electron chi connectivity index (χ4n) is 2.13. The van der Waals surface area contributed by atoms with Gasteiger partial charge in [-0.3, -0.25) is 14.9 Å². The van der Waals surface area contributed by atoms with Crippen molar-refractivity contribution in [2.24, 2.45) is 11.8 Å². The SMILES string of the molecule is Cc1nc(N2CC(C(C)C(=O)O)C2)ccc1[N+](=O)[O-]. The van der Waals surface area contributed by atoms with Crippen LogP contribution >= 0.6 is 0 Å². The average molecular weight is 265 g/mol. The maximum Gasteiger partial charge on any atom is 0.306 e. The summed E-state index contributed by atoms with van der Waals surface area (Å²) >= 11 is 0. The normalized spacial score (nSPS) is 16.8. The molecule has 1 N–H and O–H groups in total. The molecule has 7 heteroatoms. The number of rotatable bonds is 4. The van der Waals surface area contributed by atoms with Gasteiger partial charge in [0.25, 0.3) is 5.69 Å². The van der Waals surface area contributed by atoms with Crippen LogP contribution in [0.4, 0.5) is 11.5 Å². The van der Waals surface area contributed by atoms with Crippen LogP contribution in [0.3, 0.4) is 0 Å². The number of hydrogen-bond donors (Lipinski definition) is 1. The maximum absolute atomic E-state index is 10.8. The van der Waals surface area contributed by atoms with Gasteiger partial charge in [0.15, 0.2) is 0 Å². The fraction of sp³-hybridized carbons (Fsp3) is 0.500. The first-order chi connectivity index (χ1) is 8.90. The lowest BCUT2D eigenvalue weighted by molar-refractivity contribution is -0.385. The molecule has 1 aromatic heterocycles. The van der Waals surface area contributed by atoms with Crippen molar-refractivity contribution in [1.29, 1.82) is 0 Å². The van der Waals surface area contributed by atoms with Crippen LogP contribution in [0.25, 0.3) is 0 Å². The Bertz CT molecular complexity index is 526. The molecule has 0 saturated carbocycles. The van der Waals surface area contributed by atoms with Crippen LogP contribution in [0.1, 0.15) is 12.6 Å². The number of aliphatic carboxylic acids is 1. The highest BCUT2D eigenvalue weighted by Gasteiger charge is 2.35. The van der Waals surface area contributed by atoms with Crippen molar-refractivity contribution in [3.05, 3.63) is 27.9 Å². The lowest BCUT2D eigenvalue weighted by Crippen LogP contribution is -2.51. The van der Waals surface area contributed by atoms with Crippen LogP contribution in [0, 0.1) is 28.9 Å². The molecule has 0 aromatic carbocycles. The summed E-state index contributed by atoms with van der Waals surface area (Å²) in [5.74, 6) is -0.403. The predicted octanol–water partition coefficient (Wildman–Crippen LogP) is 1.46. The zero-order valence-corrected chi connectivity index (χ0v) is 10.7. The van der Waals surface area contributed by atoms with E-state index in [1.807, 2.05) is 4.90 Å². The Labute approximate surface area is 110 Å². The van der Waals surface area contributed by atoms with Crippen molar-refractivity contribution in [2.45, 2.75) is 13.8 Å². The molecule has 0 radical (unpaired) electrons. The summed E-state index contributed by atoms with van der Waals surface area (Å²) in [5.41, 5.74) is 0.372. The van der Waals surface area contributed by atoms with E-state index in [1.54, 1.807) is 19.9 Å². The van der Waals surface area contributed by atoms with Gasteiger partial charge in [0, 0.05) is 25.1 Å². The van der Waals surface area contributed by atoms with E-state index >= 15 is 0 Å². The molecule has 19 heavy (non-hydrogen) atoms. The Morgan fingerprint density at radius 3 is 2.68 bits per heavy atom. The highest BCUT2D eigenvalue weighted by atomic mass is 16.6. The lowest BCUT2D eigenvalue weighted by atomic mass is 9.87. The Balaban J connectivity index is 2.04. The molecule has 1 atom stereocenters. The first kappa shape index (κ1) is 13.3. The van der Waals surface area contributed by atoms with Gasteiger partial charge in [0.2, 0.25) is 0 Å². The minimum atomic E-state index is -0.794. The summed E-state index contributed by atoms with van der Waals surface area (Å²) in [7, 11) is 0. The van der Waals surface area contributed by atoms with Gasteiger partial charge in [0.05, 0.1) is 10.8 Å². The van der Waals surface area contributed by atoms with E-state index < -0.39 is 10.9 Å². The first-order valence-electron chi connectivity index (χ1n) is 6.00. The van der Waals surface area contributed by atoms with Crippen molar-refractivity contribution in [3.63, 3.8) is 0 Å². The number of carbonyl (C=O) groups is 1. The molecule has 1 unspecified atom stereocenters. The fourth-order valence-corrected chi connectivity index (χ4v) is 2.13. The second-order valence-electron chi connectivity index (χ2n) is 4.82. The van der Waals surface area contributed by atoms with Crippen LogP contribution in [0.15, 0.2) is 12.1 Å². The molecule has 1 fully saturated rings. The standard InChI is InChI=1S/C12H15N3O4/c1-7(12(16)17)9-5-14(6-9)11-4-3-10(15(18)19)8(2)13-11/h3-4,7,9H,5-6H2,1-2H3,(H,16,17). The summed E-state index contributed by atoms with van der Waals surface area (Å²) in [6.45, 7) is 4.53. The highest BCUT2D eigenvalue weighted by molar-refractivity contribution is 5.70. The van der Waals surface area contributed by atoms with Crippen molar-refractivity contribution in [1.82, 2.24) is 4.98 Å². The van der Waals surface area contributed by atoms with Crippen LogP contribution in [-0.2, 0) is 4.79 Å². The third-order valence-electron chi connectivity index (χ3n) is 3.57. The van der Waals surface area contributed by atoms with Gasteiger partial charge in [-0.1, -0.05) is 6.92 Å². The van der Waals surface area contributed by atoms with E-state index in [-0.39, 0.29) is 17.5 Å². The Morgan fingerprint density at radius 1 is 1.58 bits per heavy atom. The number of nitro groups is 1. The number of hydrogen-bond acceptors (Lipinski definition) is 5. The van der Waals surface area contributed by atoms with Gasteiger partial charge in [-0.2, -0.15) is 0 Å². The molecule has 1 saturated heterocycles. The average Bonchev–Trinajstić information content (AvgIpc) is 2.26. The minimum Gasteiger partial charge on any atom is -0.481 e. The molecule has 0 amide bonds. The second kappa shape index (κ2) is 4.83. The molecular weight excluding hydrogens is 250 g/mol. The van der Waals surface area contributed by atoms with E-state index in [1.165, 1.54) is 6.07 Å². The summed E-state index contributed by atoms with van der Waals surface area (Å²) < 4.78 is 0. The molecule has 2 rings (SSSR count). The third-order valence-corrected chi connectivity index (χ3v) is 3.57. The number of carboxylic acid groups (broad SMARTS) is 1. The third kappa shape index (κ3) is 2.49. The largest absolute Gasteiger partial charge is 0.481 e. The minimum absolute atomic E-state index is 0.000252. The second-order valence-corrected chi connectivity index (χ2v) is 4.82. The van der Waals surface area contributed by atoms with Gasteiger partial charge in [0.1, 0.15) is 11.5 Å². The molecule has 0 bridgehead atoms. The molecule has 2 heterocycles. The van der Waals surface area contributed by atoms with E-state index in [0.717, 1.165) is 0 Å². The molecule has 0 spiro atoms. The van der Waals surface area contributed by atoms with Gasteiger partial charge in [-0.25, -0.2) is 4.98 Å². The first-order valence-corrected chi connectivity index (χ1v) is 6.00. The molecule has 1 aromatic rings. The van der Waals surface area contributed by atoms with Crippen molar-refractivity contribution >= 4 is 17.5 Å². The zero-order valence-electron chi connectivity index (χ0n) is 10.7. The molecular formula is C12H15N3O4. The highest BCUT2D eigenvalue weighted by Crippen LogP contribution is 2.29. The van der Waals surface area contributed by atoms with Gasteiger partial charge < -0.3 is 10.0 Å². The lowest BCUT2D eigenvalue weighted by Gasteiger charge is -2.42. The van der Waals surface area contributed by atoms with E-state index in [4.69, 9.17) is 5.11 Å². The van der Waals surface area contributed by atoms with E-state index in [9.17, 15) is 14.9 Å². The van der Waals surface area contributed by atoms with Crippen LogP contribution in [0.2, 0.25) is 0 Å². The van der Waals surface area contributed by atoms with E-state index in [2.05, 4.69) is 4.98 Å². The summed E-state index contributed by atoms with van der Waals surface area (Å²) in [6.07, 6.45) is 0. The number of aromatic nitrogens is 1. The maximum atomic E-state index is 10.8. The van der Waals surface area contributed by atoms with Crippen molar-refractivity contribution < 1.29 is 14.8 Å². The monoisotopic (exact) mass is 265 g/mol. The molecule has 0 aliphatic carbocycles. The molecule has 7 nitrogen and oxygen atoms in total. The summed E-state index contributed by atoms with van der Waals surface area (Å²) in [4.78, 5) is 27.2. The van der Waals surface area contributed by atoms with Crippen molar-refractivity contribution in [3.8, 4) is 0 Å². The quantitative estimate of drug-likeness (QED) is 0.653. The zero-order chi connectivity index (χ0) is 14.2. The number of nitrogens with zero attached hydrogens (tertiary/aromatic N) is 3. The Morgan fingerprint density at radius 2 is 2.21 bits per heavy atom. The summed E-state index contributed by atoms with van der Waals surface area (Å²) in [5, 5.41) is 19.6. The Kier molecular flexibility index (Phi) is 3.37. The smallest absolute Gasteiger partial charge is 0.306 e. The molecule has 1 aliphatic heterocycles. The van der Waals surface area contributed by atoms with Gasteiger partial charge in [-0.05, 0) is 13.0 Å². The number of pyridine rings is 1. The van der Waals surface area contributed by atoms with Gasteiger partial charge in [-0.15, -0.1) is 0 Å². The Hall–Kier alpha value is -2.18. The summed E-state index contributed by atoms with van der Waals surface area (Å²) in [6, 6.07) is 3.04. The van der Waals surface area contributed by atoms with E-state index in [0.29, 0.717) is 24.6 Å². The molecule has 102 valence electrons. The van der Waals surface area contributed by atoms with Crippen molar-refractivity contribution in [2.75, 3.05) is 18.0 Å². The molecule has 1 aliphatic rings. The van der Waals surface area contributed by atoms with Crippen LogP contribution in [-0.4, -0.2) is 34.1 Å². The van der Waals surface area contributed by atoms with Crippen LogP contribution < -0.4 is 4.90 Å². The topological polar surface area (TPSA) is 96.6 Å². The number of carboxylic acids is 1. The van der Waals surface area contributed by atoms with Crippen LogP contribution in [0.5, 0.6) is 0 Å². The van der Waals surface area contributed by atoms with Gasteiger partial charge >= 0.3 is 5.97 Å². The predicted molar refractivity (Wildman–Crippen MR) is 68.1 cm³/mol. The number of anilines is 1.